The van der Waals surface area contributed by atoms with Crippen LogP contribution < -0.4 is 5.32 Å². The van der Waals surface area contributed by atoms with E-state index in [1.54, 1.807) is 0 Å². The number of alkyl halides is 3. The zero-order valence-electron chi connectivity index (χ0n) is 10.4. The Kier molecular flexibility index (Phi) is 4.78. The first-order valence-corrected chi connectivity index (χ1v) is 6.99. The molecule has 0 aromatic heterocycles. The predicted molar refractivity (Wildman–Crippen MR) is 77.9 cm³/mol. The molecular weight excluding hydrogens is 374 g/mol. The number of benzene rings is 2. The second-order valence-electron chi connectivity index (χ2n) is 4.28. The van der Waals surface area contributed by atoms with Gasteiger partial charge in [-0.2, -0.15) is 13.2 Å². The maximum Gasteiger partial charge on any atom is 0.418 e. The van der Waals surface area contributed by atoms with Crippen molar-refractivity contribution in [1.82, 2.24) is 0 Å². The Morgan fingerprint density at radius 1 is 1.10 bits per heavy atom. The van der Waals surface area contributed by atoms with Gasteiger partial charge in [0.05, 0.1) is 5.56 Å². The molecule has 0 aliphatic rings. The van der Waals surface area contributed by atoms with Crippen LogP contribution in [0, 0.1) is 5.82 Å². The van der Waals surface area contributed by atoms with E-state index in [0.29, 0.717) is 9.50 Å². The molecule has 0 spiro atoms. The van der Waals surface area contributed by atoms with E-state index >= 15 is 0 Å². The average Bonchev–Trinajstić information content (AvgIpc) is 2.40. The number of rotatable bonds is 3. The number of nitrogens with one attached hydrogen (secondary N) is 1. The first-order valence-electron chi connectivity index (χ1n) is 5.82. The molecule has 0 saturated carbocycles. The zero-order chi connectivity index (χ0) is 15.6. The highest BCUT2D eigenvalue weighted by Gasteiger charge is 2.33. The highest BCUT2D eigenvalue weighted by Crippen LogP contribution is 2.36. The van der Waals surface area contributed by atoms with Crippen molar-refractivity contribution in [2.45, 2.75) is 12.7 Å². The van der Waals surface area contributed by atoms with E-state index in [1.165, 1.54) is 30.3 Å². The van der Waals surface area contributed by atoms with Crippen molar-refractivity contribution in [3.63, 3.8) is 0 Å². The molecule has 0 radical (unpaired) electrons. The van der Waals surface area contributed by atoms with Crippen molar-refractivity contribution >= 4 is 33.2 Å². The monoisotopic (exact) mass is 381 g/mol. The lowest BCUT2D eigenvalue weighted by Crippen LogP contribution is -2.11. The Labute approximate surface area is 132 Å². The first kappa shape index (κ1) is 16.1. The van der Waals surface area contributed by atoms with Crippen LogP contribution in [-0.2, 0) is 12.7 Å². The summed E-state index contributed by atoms with van der Waals surface area (Å²) >= 11 is 8.74. The Bertz CT molecular complexity index is 658. The number of hydrogen-bond donors (Lipinski definition) is 1. The fourth-order valence-electron chi connectivity index (χ4n) is 1.77. The van der Waals surface area contributed by atoms with Crippen LogP contribution in [0.3, 0.4) is 0 Å². The highest BCUT2D eigenvalue weighted by molar-refractivity contribution is 9.10. The van der Waals surface area contributed by atoms with E-state index in [9.17, 15) is 17.6 Å². The van der Waals surface area contributed by atoms with Crippen molar-refractivity contribution < 1.29 is 17.6 Å². The van der Waals surface area contributed by atoms with Crippen molar-refractivity contribution in [3.8, 4) is 0 Å². The second-order valence-corrected chi connectivity index (χ2v) is 5.63. The van der Waals surface area contributed by atoms with E-state index < -0.39 is 17.6 Å². The van der Waals surface area contributed by atoms with Crippen LogP contribution in [0.2, 0.25) is 5.02 Å². The number of hydrogen-bond acceptors (Lipinski definition) is 1. The topological polar surface area (TPSA) is 12.0 Å². The molecule has 112 valence electrons. The number of anilines is 1. The molecule has 0 aliphatic carbocycles. The summed E-state index contributed by atoms with van der Waals surface area (Å²) in [4.78, 5) is 0. The van der Waals surface area contributed by atoms with E-state index in [1.807, 2.05) is 0 Å². The molecule has 0 heterocycles. The van der Waals surface area contributed by atoms with Gasteiger partial charge in [0.15, 0.2) is 0 Å². The Hall–Kier alpha value is -1.27. The predicted octanol–water partition coefficient (Wildman–Crippen LogP) is 5.87. The smallest absolute Gasteiger partial charge is 0.380 e. The minimum absolute atomic E-state index is 0.100. The summed E-state index contributed by atoms with van der Waals surface area (Å²) in [5.74, 6) is -0.530. The number of halogens is 6. The fraction of sp³-hybridized carbons (Fsp3) is 0.143. The third-order valence-electron chi connectivity index (χ3n) is 2.76. The molecule has 0 saturated heterocycles. The molecule has 0 atom stereocenters. The SMILES string of the molecule is Fc1ccc(Cl)cc1CNc1ccc(Br)cc1C(F)(F)F. The van der Waals surface area contributed by atoms with E-state index in [-0.39, 0.29) is 17.8 Å². The molecule has 0 aliphatic heterocycles. The van der Waals surface area contributed by atoms with Crippen LogP contribution in [0.5, 0.6) is 0 Å². The Morgan fingerprint density at radius 2 is 1.81 bits per heavy atom. The van der Waals surface area contributed by atoms with Crippen molar-refractivity contribution in [2.24, 2.45) is 0 Å². The van der Waals surface area contributed by atoms with Crippen LogP contribution in [0.25, 0.3) is 0 Å². The molecule has 0 amide bonds. The van der Waals surface area contributed by atoms with E-state index in [0.717, 1.165) is 6.07 Å². The van der Waals surface area contributed by atoms with E-state index in [2.05, 4.69) is 21.2 Å². The molecule has 2 aromatic rings. The van der Waals surface area contributed by atoms with Crippen LogP contribution in [0.1, 0.15) is 11.1 Å². The minimum atomic E-state index is -4.50. The van der Waals surface area contributed by atoms with Gasteiger partial charge < -0.3 is 5.32 Å². The van der Waals surface area contributed by atoms with Crippen LogP contribution >= 0.6 is 27.5 Å². The first-order chi connectivity index (χ1) is 9.77. The van der Waals surface area contributed by atoms with Gasteiger partial charge in [0.2, 0.25) is 0 Å². The minimum Gasteiger partial charge on any atom is -0.380 e. The maximum absolute atomic E-state index is 13.5. The summed E-state index contributed by atoms with van der Waals surface area (Å²) in [5, 5.41) is 2.91. The van der Waals surface area contributed by atoms with Crippen molar-refractivity contribution in [1.29, 1.82) is 0 Å². The lowest BCUT2D eigenvalue weighted by atomic mass is 10.1. The summed E-state index contributed by atoms with van der Waals surface area (Å²) in [7, 11) is 0. The average molecular weight is 383 g/mol. The van der Waals surface area contributed by atoms with Crippen LogP contribution in [0.15, 0.2) is 40.9 Å². The normalized spacial score (nSPS) is 11.5. The standard InChI is InChI=1S/C14H9BrClF4N/c15-9-1-4-13(11(6-9)14(18,19)20)21-7-8-5-10(16)2-3-12(8)17/h1-6,21H,7H2. The maximum atomic E-state index is 13.5. The largest absolute Gasteiger partial charge is 0.418 e. The van der Waals surface area contributed by atoms with Gasteiger partial charge in [-0.3, -0.25) is 0 Å². The van der Waals surface area contributed by atoms with Gasteiger partial charge in [0, 0.05) is 27.3 Å². The molecule has 0 bridgehead atoms. The summed E-state index contributed by atoms with van der Waals surface area (Å²) in [6.45, 7) is -0.100. The van der Waals surface area contributed by atoms with Crippen LogP contribution in [0.4, 0.5) is 23.2 Å². The van der Waals surface area contributed by atoms with Gasteiger partial charge in [-0.1, -0.05) is 27.5 Å². The van der Waals surface area contributed by atoms with E-state index in [4.69, 9.17) is 11.6 Å². The molecule has 0 unspecified atom stereocenters. The third kappa shape index (κ3) is 4.11. The van der Waals surface area contributed by atoms with Gasteiger partial charge in [0.25, 0.3) is 0 Å². The Balaban J connectivity index is 2.26. The highest BCUT2D eigenvalue weighted by atomic mass is 79.9. The summed E-state index contributed by atoms with van der Waals surface area (Å²) in [6.07, 6.45) is -4.50. The molecule has 1 nitrogen and oxygen atoms in total. The van der Waals surface area contributed by atoms with Gasteiger partial charge in [-0.05, 0) is 36.4 Å². The third-order valence-corrected chi connectivity index (χ3v) is 3.49. The van der Waals surface area contributed by atoms with Gasteiger partial charge >= 0.3 is 6.18 Å². The molecule has 21 heavy (non-hydrogen) atoms. The molecule has 7 heteroatoms. The Morgan fingerprint density at radius 3 is 2.48 bits per heavy atom. The molecule has 0 fully saturated rings. The van der Waals surface area contributed by atoms with Gasteiger partial charge in [-0.15, -0.1) is 0 Å². The lowest BCUT2D eigenvalue weighted by Gasteiger charge is -2.15. The van der Waals surface area contributed by atoms with Gasteiger partial charge in [-0.25, -0.2) is 4.39 Å². The summed E-state index contributed by atoms with van der Waals surface area (Å²) < 4.78 is 52.7. The summed E-state index contributed by atoms with van der Waals surface area (Å²) in [6, 6.07) is 7.65. The van der Waals surface area contributed by atoms with Crippen molar-refractivity contribution in [3.05, 3.63) is 62.8 Å². The fourth-order valence-corrected chi connectivity index (χ4v) is 2.33. The zero-order valence-corrected chi connectivity index (χ0v) is 12.8. The lowest BCUT2D eigenvalue weighted by molar-refractivity contribution is -0.137. The molecular formula is C14H9BrClF4N. The second kappa shape index (κ2) is 6.23. The van der Waals surface area contributed by atoms with Gasteiger partial charge in [0.1, 0.15) is 5.82 Å². The van der Waals surface area contributed by atoms with Crippen molar-refractivity contribution in [2.75, 3.05) is 5.32 Å². The molecule has 2 aromatic carbocycles. The van der Waals surface area contributed by atoms with Crippen LogP contribution in [-0.4, -0.2) is 0 Å². The molecule has 2 rings (SSSR count). The quantitative estimate of drug-likeness (QED) is 0.654. The molecule has 1 N–H and O–H groups in total. The summed E-state index contributed by atoms with van der Waals surface area (Å²) in [5.41, 5.74) is -0.747.